The van der Waals surface area contributed by atoms with Gasteiger partial charge in [0.05, 0.1) is 11.0 Å². The van der Waals surface area contributed by atoms with Gasteiger partial charge in [-0.3, -0.25) is 4.57 Å². The summed E-state index contributed by atoms with van der Waals surface area (Å²) >= 11 is 0. The Bertz CT molecular complexity index is 3170. The van der Waals surface area contributed by atoms with Gasteiger partial charge in [0, 0.05) is 22.0 Å². The van der Waals surface area contributed by atoms with E-state index >= 15 is 0 Å². The number of hydrogen-bond acceptors (Lipinski definition) is 1. The maximum Gasteiger partial charge on any atom is 0.145 e. The molecule has 9 aromatic carbocycles. The number of imidazole rings is 1. The molecule has 0 unspecified atom stereocenters. The molecule has 0 saturated heterocycles. The van der Waals surface area contributed by atoms with Gasteiger partial charge < -0.3 is 0 Å². The molecule has 1 aromatic heterocycles. The molecule has 0 amide bonds. The van der Waals surface area contributed by atoms with E-state index in [0.29, 0.717) is 0 Å². The fraction of sp³-hybridized carbons (Fsp3) is 0.145. The van der Waals surface area contributed by atoms with Crippen molar-refractivity contribution in [2.75, 3.05) is 0 Å². The van der Waals surface area contributed by atoms with Crippen LogP contribution in [0.5, 0.6) is 0 Å². The zero-order valence-electron chi connectivity index (χ0n) is 33.6. The Balaban J connectivity index is 1.29. The molecule has 276 valence electrons. The van der Waals surface area contributed by atoms with Gasteiger partial charge in [0.15, 0.2) is 0 Å². The number of rotatable bonds is 4. The molecule has 0 radical (unpaired) electrons. The largest absolute Gasteiger partial charge is 0.292 e. The van der Waals surface area contributed by atoms with E-state index in [1.54, 1.807) is 0 Å². The third-order valence-electron chi connectivity index (χ3n) is 11.9. The minimum absolute atomic E-state index is 0.0476. The Morgan fingerprint density at radius 1 is 0.368 bits per heavy atom. The van der Waals surface area contributed by atoms with Gasteiger partial charge >= 0.3 is 0 Å². The number of nitrogens with zero attached hydrogens (tertiary/aromatic N) is 2. The molecule has 10 aromatic rings. The fourth-order valence-corrected chi connectivity index (χ4v) is 8.58. The van der Waals surface area contributed by atoms with Crippen LogP contribution < -0.4 is 0 Å². The zero-order valence-corrected chi connectivity index (χ0v) is 33.6. The van der Waals surface area contributed by atoms with Crippen molar-refractivity contribution in [1.29, 1.82) is 0 Å². The van der Waals surface area contributed by atoms with E-state index in [4.69, 9.17) is 4.98 Å². The lowest BCUT2D eigenvalue weighted by Gasteiger charge is -2.20. The van der Waals surface area contributed by atoms with Crippen molar-refractivity contribution in [2.24, 2.45) is 0 Å². The maximum absolute atomic E-state index is 5.62. The lowest BCUT2D eigenvalue weighted by molar-refractivity contribution is 0.590. The highest BCUT2D eigenvalue weighted by atomic mass is 15.1. The monoisotopic (exact) mass is 734 g/mol. The van der Waals surface area contributed by atoms with E-state index < -0.39 is 0 Å². The first-order valence-corrected chi connectivity index (χ1v) is 20.1. The number of aromatic nitrogens is 2. The van der Waals surface area contributed by atoms with Gasteiger partial charge in [0.25, 0.3) is 0 Å². The highest BCUT2D eigenvalue weighted by Gasteiger charge is 2.23. The average molecular weight is 735 g/mol. The van der Waals surface area contributed by atoms with Crippen molar-refractivity contribution in [3.05, 3.63) is 181 Å². The molecule has 0 spiro atoms. The first-order chi connectivity index (χ1) is 27.5. The van der Waals surface area contributed by atoms with Crippen molar-refractivity contribution in [2.45, 2.75) is 52.4 Å². The summed E-state index contributed by atoms with van der Waals surface area (Å²) in [5.41, 5.74) is 11.9. The second-order valence-corrected chi connectivity index (χ2v) is 17.7. The van der Waals surface area contributed by atoms with Gasteiger partial charge in [-0.05, 0) is 113 Å². The van der Waals surface area contributed by atoms with Gasteiger partial charge in [-0.25, -0.2) is 4.98 Å². The van der Waals surface area contributed by atoms with Gasteiger partial charge in [-0.2, -0.15) is 0 Å². The normalized spacial score (nSPS) is 12.4. The molecular weight excluding hydrogens is 689 g/mol. The Morgan fingerprint density at radius 3 is 1.32 bits per heavy atom. The molecule has 0 aliphatic heterocycles. The van der Waals surface area contributed by atoms with Gasteiger partial charge in [-0.1, -0.05) is 175 Å². The average Bonchev–Trinajstić information content (AvgIpc) is 3.63. The van der Waals surface area contributed by atoms with E-state index in [0.717, 1.165) is 33.5 Å². The topological polar surface area (TPSA) is 17.8 Å². The first kappa shape index (κ1) is 34.9. The first-order valence-electron chi connectivity index (χ1n) is 20.1. The molecule has 57 heavy (non-hydrogen) atoms. The van der Waals surface area contributed by atoms with Gasteiger partial charge in [0.1, 0.15) is 5.82 Å². The van der Waals surface area contributed by atoms with Crippen LogP contribution in [0.1, 0.15) is 52.7 Å². The maximum atomic E-state index is 5.62. The molecule has 10 rings (SSSR count). The third-order valence-corrected chi connectivity index (χ3v) is 11.9. The minimum atomic E-state index is 0.0476. The van der Waals surface area contributed by atoms with E-state index in [-0.39, 0.29) is 10.8 Å². The van der Waals surface area contributed by atoms with Crippen LogP contribution in [0.3, 0.4) is 0 Å². The summed E-state index contributed by atoms with van der Waals surface area (Å²) < 4.78 is 2.41. The number of benzene rings is 9. The lowest BCUT2D eigenvalue weighted by Crippen LogP contribution is -2.11. The molecule has 0 bridgehead atoms. The summed E-state index contributed by atoms with van der Waals surface area (Å²) in [5, 5.41) is 9.73. The molecule has 0 N–H and O–H groups in total. The molecule has 0 atom stereocenters. The minimum Gasteiger partial charge on any atom is -0.292 e. The van der Waals surface area contributed by atoms with Crippen LogP contribution in [0.15, 0.2) is 170 Å². The predicted molar refractivity (Wildman–Crippen MR) is 245 cm³/mol. The summed E-state index contributed by atoms with van der Waals surface area (Å²) in [6.07, 6.45) is 0. The molecule has 0 saturated carbocycles. The van der Waals surface area contributed by atoms with E-state index in [1.165, 1.54) is 71.1 Å². The summed E-state index contributed by atoms with van der Waals surface area (Å²) in [6, 6.07) is 63.0. The smallest absolute Gasteiger partial charge is 0.145 e. The quantitative estimate of drug-likeness (QED) is 0.165. The van der Waals surface area contributed by atoms with Gasteiger partial charge in [-0.15, -0.1) is 0 Å². The van der Waals surface area contributed by atoms with Gasteiger partial charge in [0.2, 0.25) is 0 Å². The molecule has 2 heteroatoms. The van der Waals surface area contributed by atoms with Crippen molar-refractivity contribution in [1.82, 2.24) is 9.55 Å². The Hall–Kier alpha value is -6.51. The lowest BCUT2D eigenvalue weighted by atomic mass is 9.86. The third kappa shape index (κ3) is 6.08. The number of fused-ring (bicyclic) bond motifs is 8. The molecule has 0 aliphatic carbocycles. The van der Waals surface area contributed by atoms with E-state index in [2.05, 4.69) is 216 Å². The van der Waals surface area contributed by atoms with Crippen LogP contribution >= 0.6 is 0 Å². The highest BCUT2D eigenvalue weighted by molar-refractivity contribution is 6.25. The fourth-order valence-electron chi connectivity index (χ4n) is 8.58. The molecule has 2 nitrogen and oxygen atoms in total. The Labute approximate surface area is 335 Å². The van der Waals surface area contributed by atoms with Crippen LogP contribution in [0.2, 0.25) is 0 Å². The van der Waals surface area contributed by atoms with Crippen LogP contribution in [-0.2, 0) is 10.8 Å². The van der Waals surface area contributed by atoms with E-state index in [9.17, 15) is 0 Å². The highest BCUT2D eigenvalue weighted by Crippen LogP contribution is 2.43. The standard InChI is InChI=1S/C55H46N2/c1-54(2,3)44-23-19-37(20-24-44)53-56-51-47-29-21-42(40-17-15-35-11-7-9-13-38(35)31-40)33-49(47)50-34-43(41-18-16-36-12-8-10-14-39(36)32-41)22-30-48(50)52(51)57(53)46-27-25-45(26-28-46)55(4,5)6/h7-34H,1-6H3. The van der Waals surface area contributed by atoms with Crippen molar-refractivity contribution < 1.29 is 0 Å². The predicted octanol–water partition coefficient (Wildman–Crippen LogP) is 15.2. The van der Waals surface area contributed by atoms with E-state index in [1.807, 2.05) is 0 Å². The SMILES string of the molecule is CC(C)(C)c1ccc(-c2nc3c4ccc(-c5ccc6ccccc6c5)cc4c4cc(-c5ccc6ccccc6c5)ccc4c3n2-c2ccc(C(C)(C)C)cc2)cc1. The second kappa shape index (κ2) is 13.0. The molecule has 0 fully saturated rings. The Kier molecular flexibility index (Phi) is 7.99. The van der Waals surface area contributed by atoms with Crippen molar-refractivity contribution in [3.63, 3.8) is 0 Å². The summed E-state index contributed by atoms with van der Waals surface area (Å²) in [5.74, 6) is 0.944. The summed E-state index contributed by atoms with van der Waals surface area (Å²) in [7, 11) is 0. The zero-order chi connectivity index (χ0) is 39.1. The van der Waals surface area contributed by atoms with Crippen LogP contribution in [0.4, 0.5) is 0 Å². The molecule has 0 aliphatic rings. The van der Waals surface area contributed by atoms with Crippen LogP contribution in [-0.4, -0.2) is 9.55 Å². The Morgan fingerprint density at radius 2 is 0.789 bits per heavy atom. The second-order valence-electron chi connectivity index (χ2n) is 17.7. The summed E-state index contributed by atoms with van der Waals surface area (Å²) in [4.78, 5) is 5.62. The molecule has 1 heterocycles. The van der Waals surface area contributed by atoms with Crippen molar-refractivity contribution in [3.8, 4) is 39.3 Å². The van der Waals surface area contributed by atoms with Crippen LogP contribution in [0.25, 0.3) is 93.5 Å². The summed E-state index contributed by atoms with van der Waals surface area (Å²) in [6.45, 7) is 13.6. The number of hydrogen-bond donors (Lipinski definition) is 0. The van der Waals surface area contributed by atoms with Crippen molar-refractivity contribution >= 4 is 54.1 Å². The molecular formula is C55H46N2. The van der Waals surface area contributed by atoms with Crippen LogP contribution in [0, 0.1) is 0 Å².